The van der Waals surface area contributed by atoms with Gasteiger partial charge in [0.1, 0.15) is 0 Å². The maximum Gasteiger partial charge on any atom is 0.390 e. The molecule has 0 aromatic carbocycles. The molecule has 0 radical (unpaired) electrons. The molecule has 1 N–H and O–H groups in total. The highest BCUT2D eigenvalue weighted by molar-refractivity contribution is 5.80. The van der Waals surface area contributed by atoms with Gasteiger partial charge in [-0.05, 0) is 62.2 Å². The summed E-state index contributed by atoms with van der Waals surface area (Å²) in [7, 11) is 0. The molecule has 1 aromatic rings. The van der Waals surface area contributed by atoms with Crippen molar-refractivity contribution in [1.82, 2.24) is 15.1 Å². The van der Waals surface area contributed by atoms with Crippen molar-refractivity contribution in [2.24, 2.45) is 17.8 Å². The van der Waals surface area contributed by atoms with Crippen molar-refractivity contribution in [3.63, 3.8) is 0 Å². The van der Waals surface area contributed by atoms with E-state index < -0.39 is 11.0 Å². The zero-order valence-corrected chi connectivity index (χ0v) is 14.6. The van der Waals surface area contributed by atoms with Gasteiger partial charge in [0, 0.05) is 6.04 Å². The Kier molecular flexibility index (Phi) is 4.60. The Balaban J connectivity index is 1.69. The van der Waals surface area contributed by atoms with Gasteiger partial charge in [0.15, 0.2) is 6.04 Å². The van der Waals surface area contributed by atoms with Crippen molar-refractivity contribution in [2.75, 3.05) is 0 Å². The maximum atomic E-state index is 12.7. The van der Waals surface area contributed by atoms with Crippen LogP contribution in [0.3, 0.4) is 0 Å². The summed E-state index contributed by atoms with van der Waals surface area (Å²) < 4.78 is 1.49. The van der Waals surface area contributed by atoms with Crippen molar-refractivity contribution >= 4 is 11.7 Å². The lowest BCUT2D eigenvalue weighted by atomic mass is 9.84. The summed E-state index contributed by atoms with van der Waals surface area (Å²) in [5.41, 5.74) is 0.635. The first-order valence-electron chi connectivity index (χ1n) is 8.91. The molecule has 2 bridgehead atoms. The monoisotopic (exact) mass is 334 g/mol. The number of rotatable bonds is 6. The highest BCUT2D eigenvalue weighted by Gasteiger charge is 2.42. The largest absolute Gasteiger partial charge is 0.390 e. The average Bonchev–Trinajstić information content (AvgIpc) is 3.24. The van der Waals surface area contributed by atoms with Crippen molar-refractivity contribution in [3.05, 3.63) is 21.9 Å². The number of aromatic nitrogens is 2. The summed E-state index contributed by atoms with van der Waals surface area (Å²) in [4.78, 5) is 23.1. The molecule has 2 fully saturated rings. The van der Waals surface area contributed by atoms with E-state index in [-0.39, 0.29) is 17.8 Å². The Hall–Kier alpha value is -1.92. The van der Waals surface area contributed by atoms with Crippen LogP contribution in [-0.4, -0.2) is 26.7 Å². The van der Waals surface area contributed by atoms with E-state index >= 15 is 0 Å². The molecule has 132 valence electrons. The summed E-state index contributed by atoms with van der Waals surface area (Å²) in [6.07, 6.45) is 5.71. The zero-order chi connectivity index (χ0) is 17.4. The molecule has 2 saturated carbocycles. The molecule has 5 unspecified atom stereocenters. The van der Waals surface area contributed by atoms with Crippen LogP contribution in [-0.2, 0) is 4.79 Å². The van der Waals surface area contributed by atoms with Crippen LogP contribution in [0.2, 0.25) is 0 Å². The van der Waals surface area contributed by atoms with Crippen LogP contribution in [0.1, 0.15) is 57.7 Å². The maximum absolute atomic E-state index is 12.7. The third-order valence-electron chi connectivity index (χ3n) is 5.89. The number of fused-ring (bicyclic) bond motifs is 2. The van der Waals surface area contributed by atoms with Gasteiger partial charge < -0.3 is 15.4 Å². The van der Waals surface area contributed by atoms with Crippen LogP contribution >= 0.6 is 0 Å². The molecule has 1 heterocycles. The first-order chi connectivity index (χ1) is 11.4. The van der Waals surface area contributed by atoms with Crippen LogP contribution in [0.4, 0.5) is 5.82 Å². The number of hydrogen-bond donors (Lipinski definition) is 1. The summed E-state index contributed by atoms with van der Waals surface area (Å²) in [6.45, 7) is 5.74. The van der Waals surface area contributed by atoms with E-state index in [4.69, 9.17) is 0 Å². The van der Waals surface area contributed by atoms with Gasteiger partial charge in [-0.25, -0.2) is 0 Å². The highest BCUT2D eigenvalue weighted by Crippen LogP contribution is 2.49. The average molecular weight is 334 g/mol. The van der Waals surface area contributed by atoms with Crippen molar-refractivity contribution in [1.29, 1.82) is 0 Å². The van der Waals surface area contributed by atoms with Gasteiger partial charge in [0.25, 0.3) is 0 Å². The quantitative estimate of drug-likeness (QED) is 0.639. The van der Waals surface area contributed by atoms with Crippen LogP contribution in [0.5, 0.6) is 0 Å². The van der Waals surface area contributed by atoms with Crippen LogP contribution in [0, 0.1) is 34.8 Å². The Morgan fingerprint density at radius 1 is 1.50 bits per heavy atom. The zero-order valence-electron chi connectivity index (χ0n) is 14.6. The molecule has 0 aliphatic heterocycles. The van der Waals surface area contributed by atoms with E-state index in [9.17, 15) is 14.9 Å². The highest BCUT2D eigenvalue weighted by atomic mass is 16.6. The topological polar surface area (TPSA) is 90.1 Å². The smallest absolute Gasteiger partial charge is 0.358 e. The SMILES string of the molecule is CCC(C(=O)NC(C)C1CC2CCC1C2)n1nc([N+](=O)[O-])cc1C. The first-order valence-corrected chi connectivity index (χ1v) is 8.91. The normalized spacial score (nSPS) is 27.9. The second-order valence-electron chi connectivity index (χ2n) is 7.41. The number of aryl methyl sites for hydroxylation is 1. The number of carbonyl (C=O) groups is 1. The fourth-order valence-corrected chi connectivity index (χ4v) is 4.68. The molecule has 2 aliphatic carbocycles. The molecule has 1 aromatic heterocycles. The number of nitro groups is 1. The summed E-state index contributed by atoms with van der Waals surface area (Å²) in [6, 6.07) is 1.06. The van der Waals surface area contributed by atoms with Gasteiger partial charge in [-0.1, -0.05) is 13.3 Å². The Labute approximate surface area is 142 Å². The minimum Gasteiger partial charge on any atom is -0.358 e. The molecule has 24 heavy (non-hydrogen) atoms. The Morgan fingerprint density at radius 2 is 2.25 bits per heavy atom. The fraction of sp³-hybridized carbons (Fsp3) is 0.765. The predicted molar refractivity (Wildman–Crippen MR) is 89.5 cm³/mol. The summed E-state index contributed by atoms with van der Waals surface area (Å²) in [5, 5.41) is 18.1. The molecule has 0 saturated heterocycles. The van der Waals surface area contributed by atoms with Gasteiger partial charge in [-0.3, -0.25) is 4.79 Å². The van der Waals surface area contributed by atoms with Crippen molar-refractivity contribution in [2.45, 2.75) is 65.0 Å². The standard InChI is InChI=1S/C17H26N4O3/c1-4-15(20-10(2)7-16(19-20)21(23)24)17(22)18-11(3)14-9-12-5-6-13(14)8-12/h7,11-15H,4-6,8-9H2,1-3H3,(H,18,22). The number of carbonyl (C=O) groups excluding carboxylic acids is 1. The van der Waals surface area contributed by atoms with E-state index in [1.54, 1.807) is 6.92 Å². The molecular weight excluding hydrogens is 308 g/mol. The van der Waals surface area contributed by atoms with Gasteiger partial charge in [0.05, 0.1) is 16.9 Å². The molecule has 1 amide bonds. The molecule has 2 aliphatic rings. The van der Waals surface area contributed by atoms with E-state index in [2.05, 4.69) is 17.3 Å². The van der Waals surface area contributed by atoms with Gasteiger partial charge in [-0.15, -0.1) is 0 Å². The first kappa shape index (κ1) is 16.9. The Morgan fingerprint density at radius 3 is 2.75 bits per heavy atom. The van der Waals surface area contributed by atoms with Crippen molar-refractivity contribution in [3.8, 4) is 0 Å². The molecular formula is C17H26N4O3. The second kappa shape index (κ2) is 6.53. The molecule has 7 nitrogen and oxygen atoms in total. The van der Waals surface area contributed by atoms with Crippen LogP contribution in [0.15, 0.2) is 6.07 Å². The third-order valence-corrected chi connectivity index (χ3v) is 5.89. The molecule has 7 heteroatoms. The number of nitrogens with one attached hydrogen (secondary N) is 1. The number of nitrogens with zero attached hydrogens (tertiary/aromatic N) is 3. The second-order valence-corrected chi connectivity index (χ2v) is 7.41. The van der Waals surface area contributed by atoms with Gasteiger partial charge in [0.2, 0.25) is 5.91 Å². The lowest BCUT2D eigenvalue weighted by Gasteiger charge is -2.29. The predicted octanol–water partition coefficient (Wildman–Crippen LogP) is 2.99. The molecule has 0 spiro atoms. The Bertz CT molecular complexity index is 642. The van der Waals surface area contributed by atoms with Gasteiger partial charge >= 0.3 is 5.82 Å². The molecule has 3 rings (SSSR count). The van der Waals surface area contributed by atoms with Crippen LogP contribution in [0.25, 0.3) is 0 Å². The minimum atomic E-state index is -0.522. The fourth-order valence-electron chi connectivity index (χ4n) is 4.68. The lowest BCUT2D eigenvalue weighted by Crippen LogP contribution is -2.43. The number of amides is 1. The molecule has 5 atom stereocenters. The lowest BCUT2D eigenvalue weighted by molar-refractivity contribution is -0.389. The number of hydrogen-bond acceptors (Lipinski definition) is 4. The van der Waals surface area contributed by atoms with Crippen LogP contribution < -0.4 is 5.32 Å². The van der Waals surface area contributed by atoms with Gasteiger partial charge in [-0.2, -0.15) is 4.68 Å². The van der Waals surface area contributed by atoms with E-state index in [0.717, 1.165) is 11.8 Å². The summed E-state index contributed by atoms with van der Waals surface area (Å²) in [5.74, 6) is 1.86. The van der Waals surface area contributed by atoms with E-state index in [1.165, 1.54) is 36.4 Å². The third kappa shape index (κ3) is 3.03. The van der Waals surface area contributed by atoms with Crippen molar-refractivity contribution < 1.29 is 9.72 Å². The van der Waals surface area contributed by atoms with E-state index in [1.807, 2.05) is 6.92 Å². The summed E-state index contributed by atoms with van der Waals surface area (Å²) >= 11 is 0. The van der Waals surface area contributed by atoms with E-state index in [0.29, 0.717) is 18.0 Å². The minimum absolute atomic E-state index is 0.0890.